The number of hydrogen-bond donors (Lipinski definition) is 2. The molecule has 3 N–H and O–H groups in total. The molecule has 2 rings (SSSR count). The van der Waals surface area contributed by atoms with Crippen LogP contribution < -0.4 is 16.0 Å². The lowest BCUT2D eigenvalue weighted by atomic mass is 9.98. The quantitative estimate of drug-likeness (QED) is 0.659. The van der Waals surface area contributed by atoms with E-state index in [1.165, 1.54) is 43.5 Å². The van der Waals surface area contributed by atoms with E-state index in [4.69, 9.17) is 10.6 Å². The molecule has 0 aliphatic rings. The second-order valence-electron chi connectivity index (χ2n) is 4.52. The summed E-state index contributed by atoms with van der Waals surface area (Å²) >= 11 is 0. The van der Waals surface area contributed by atoms with Gasteiger partial charge in [0.15, 0.2) is 11.6 Å². The summed E-state index contributed by atoms with van der Waals surface area (Å²) in [5.74, 6) is 3.68. The Morgan fingerprint density at radius 3 is 2.33 bits per heavy atom. The molecule has 0 fully saturated rings. The smallest absolute Gasteiger partial charge is 0.165 e. The van der Waals surface area contributed by atoms with Crippen molar-refractivity contribution in [2.24, 2.45) is 5.84 Å². The molecule has 0 amide bonds. The molecular formula is C15H15F3N2O. The summed E-state index contributed by atoms with van der Waals surface area (Å²) in [6.07, 6.45) is -0.0101. The zero-order valence-corrected chi connectivity index (χ0v) is 11.4. The van der Waals surface area contributed by atoms with Crippen molar-refractivity contribution in [3.8, 4) is 5.75 Å². The zero-order valence-electron chi connectivity index (χ0n) is 11.4. The van der Waals surface area contributed by atoms with Crippen LogP contribution in [0.3, 0.4) is 0 Å². The molecule has 0 aliphatic carbocycles. The molecular weight excluding hydrogens is 281 g/mol. The van der Waals surface area contributed by atoms with Gasteiger partial charge in [-0.05, 0) is 36.2 Å². The van der Waals surface area contributed by atoms with E-state index >= 15 is 0 Å². The number of nitrogens with two attached hydrogens (primary N) is 1. The molecule has 3 nitrogen and oxygen atoms in total. The van der Waals surface area contributed by atoms with E-state index in [0.29, 0.717) is 5.56 Å². The lowest BCUT2D eigenvalue weighted by molar-refractivity contribution is 0.384. The number of rotatable bonds is 5. The lowest BCUT2D eigenvalue weighted by Gasteiger charge is -2.18. The van der Waals surface area contributed by atoms with Crippen LogP contribution in [0.4, 0.5) is 13.2 Å². The molecule has 0 heterocycles. The average Bonchev–Trinajstić information content (AvgIpc) is 2.48. The fourth-order valence-electron chi connectivity index (χ4n) is 2.10. The van der Waals surface area contributed by atoms with E-state index in [0.717, 1.165) is 0 Å². The van der Waals surface area contributed by atoms with Crippen molar-refractivity contribution in [2.75, 3.05) is 7.11 Å². The maximum Gasteiger partial charge on any atom is 0.165 e. The largest absolute Gasteiger partial charge is 0.494 e. The van der Waals surface area contributed by atoms with Crippen LogP contribution in [-0.2, 0) is 6.42 Å². The van der Waals surface area contributed by atoms with Crippen molar-refractivity contribution < 1.29 is 17.9 Å². The van der Waals surface area contributed by atoms with E-state index in [9.17, 15) is 13.2 Å². The summed E-state index contributed by atoms with van der Waals surface area (Å²) < 4.78 is 45.6. The Kier molecular flexibility index (Phi) is 4.82. The second kappa shape index (κ2) is 6.60. The van der Waals surface area contributed by atoms with Crippen molar-refractivity contribution in [3.63, 3.8) is 0 Å². The zero-order chi connectivity index (χ0) is 15.4. The maximum absolute atomic E-state index is 13.7. The van der Waals surface area contributed by atoms with E-state index in [-0.39, 0.29) is 17.7 Å². The number of halogens is 3. The first-order chi connectivity index (χ1) is 10.1. The first-order valence-electron chi connectivity index (χ1n) is 6.29. The van der Waals surface area contributed by atoms with Gasteiger partial charge in [-0.25, -0.2) is 13.2 Å². The Hall–Kier alpha value is -2.05. The molecule has 0 aromatic heterocycles. The molecule has 21 heavy (non-hydrogen) atoms. The SMILES string of the molecule is COc1cc(C(Cc2c(F)cccc2F)NN)ccc1F. The monoisotopic (exact) mass is 296 g/mol. The normalized spacial score (nSPS) is 12.2. The highest BCUT2D eigenvalue weighted by Crippen LogP contribution is 2.26. The van der Waals surface area contributed by atoms with Crippen LogP contribution in [0.1, 0.15) is 17.2 Å². The van der Waals surface area contributed by atoms with Gasteiger partial charge < -0.3 is 4.74 Å². The predicted molar refractivity (Wildman–Crippen MR) is 73.1 cm³/mol. The molecule has 6 heteroatoms. The minimum Gasteiger partial charge on any atom is -0.494 e. The van der Waals surface area contributed by atoms with Crippen LogP contribution in [0.25, 0.3) is 0 Å². The van der Waals surface area contributed by atoms with Gasteiger partial charge in [-0.3, -0.25) is 11.3 Å². The Morgan fingerprint density at radius 2 is 1.76 bits per heavy atom. The van der Waals surface area contributed by atoms with Gasteiger partial charge in [-0.15, -0.1) is 0 Å². The van der Waals surface area contributed by atoms with Crippen LogP contribution in [0.2, 0.25) is 0 Å². The molecule has 0 radical (unpaired) electrons. The summed E-state index contributed by atoms with van der Waals surface area (Å²) in [5.41, 5.74) is 2.97. The Morgan fingerprint density at radius 1 is 1.10 bits per heavy atom. The number of hydrazine groups is 1. The molecule has 2 aromatic rings. The highest BCUT2D eigenvalue weighted by Gasteiger charge is 2.18. The molecule has 2 aromatic carbocycles. The molecule has 0 aliphatic heterocycles. The second-order valence-corrected chi connectivity index (χ2v) is 4.52. The number of nitrogens with one attached hydrogen (secondary N) is 1. The summed E-state index contributed by atoms with van der Waals surface area (Å²) in [5, 5.41) is 0. The molecule has 112 valence electrons. The van der Waals surface area contributed by atoms with Crippen molar-refractivity contribution in [1.29, 1.82) is 0 Å². The van der Waals surface area contributed by atoms with Crippen LogP contribution in [0.15, 0.2) is 36.4 Å². The molecule has 0 saturated heterocycles. The molecule has 0 spiro atoms. The number of methoxy groups -OCH3 is 1. The number of benzene rings is 2. The predicted octanol–water partition coefficient (Wildman–Crippen LogP) is 2.86. The van der Waals surface area contributed by atoms with Gasteiger partial charge in [0.05, 0.1) is 13.2 Å². The molecule has 1 atom stereocenters. The van der Waals surface area contributed by atoms with E-state index in [1.807, 2.05) is 0 Å². The van der Waals surface area contributed by atoms with E-state index in [1.54, 1.807) is 0 Å². The highest BCUT2D eigenvalue weighted by atomic mass is 19.1. The molecule has 0 bridgehead atoms. The van der Waals surface area contributed by atoms with Gasteiger partial charge in [-0.2, -0.15) is 0 Å². The summed E-state index contributed by atoms with van der Waals surface area (Å²) in [7, 11) is 1.34. The van der Waals surface area contributed by atoms with Crippen molar-refractivity contribution in [2.45, 2.75) is 12.5 Å². The minimum atomic E-state index is -0.649. The third kappa shape index (κ3) is 3.34. The highest BCUT2D eigenvalue weighted by molar-refractivity contribution is 5.33. The Balaban J connectivity index is 2.32. The standard InChI is InChI=1S/C15H15F3N2O/c1-21-15-7-9(5-6-13(15)18)14(20-19)8-10-11(16)3-2-4-12(10)17/h2-7,14,20H,8,19H2,1H3. The van der Waals surface area contributed by atoms with Crippen LogP contribution in [0, 0.1) is 17.5 Å². The molecule has 1 unspecified atom stereocenters. The fraction of sp³-hybridized carbons (Fsp3) is 0.200. The van der Waals surface area contributed by atoms with Gasteiger partial charge in [0.2, 0.25) is 0 Å². The Labute approximate surface area is 120 Å². The minimum absolute atomic E-state index is 0.0101. The van der Waals surface area contributed by atoms with Crippen LogP contribution in [0.5, 0.6) is 5.75 Å². The van der Waals surface area contributed by atoms with Crippen molar-refractivity contribution in [1.82, 2.24) is 5.43 Å². The van der Waals surface area contributed by atoms with Gasteiger partial charge >= 0.3 is 0 Å². The van der Waals surface area contributed by atoms with E-state index in [2.05, 4.69) is 5.43 Å². The summed E-state index contributed by atoms with van der Waals surface area (Å²) in [6.45, 7) is 0. The van der Waals surface area contributed by atoms with Crippen LogP contribution in [-0.4, -0.2) is 7.11 Å². The lowest BCUT2D eigenvalue weighted by Crippen LogP contribution is -2.30. The van der Waals surface area contributed by atoms with Gasteiger partial charge in [0.1, 0.15) is 11.6 Å². The van der Waals surface area contributed by atoms with Crippen LogP contribution >= 0.6 is 0 Å². The van der Waals surface area contributed by atoms with E-state index < -0.39 is 23.5 Å². The first kappa shape index (κ1) is 15.3. The third-order valence-electron chi connectivity index (χ3n) is 3.25. The van der Waals surface area contributed by atoms with Gasteiger partial charge in [-0.1, -0.05) is 12.1 Å². The van der Waals surface area contributed by atoms with Gasteiger partial charge in [0, 0.05) is 5.56 Å². The third-order valence-corrected chi connectivity index (χ3v) is 3.25. The summed E-state index contributed by atoms with van der Waals surface area (Å²) in [6, 6.07) is 7.22. The summed E-state index contributed by atoms with van der Waals surface area (Å²) in [4.78, 5) is 0. The fourth-order valence-corrected chi connectivity index (χ4v) is 2.10. The number of ether oxygens (including phenoxy) is 1. The first-order valence-corrected chi connectivity index (χ1v) is 6.29. The van der Waals surface area contributed by atoms with Crippen molar-refractivity contribution >= 4 is 0 Å². The Bertz CT molecular complexity index is 614. The maximum atomic E-state index is 13.7. The molecule has 0 saturated carbocycles. The number of hydrogen-bond acceptors (Lipinski definition) is 3. The van der Waals surface area contributed by atoms with Crippen molar-refractivity contribution in [3.05, 3.63) is 65.0 Å². The topological polar surface area (TPSA) is 47.3 Å². The van der Waals surface area contributed by atoms with Gasteiger partial charge in [0.25, 0.3) is 0 Å². The average molecular weight is 296 g/mol.